The Morgan fingerprint density at radius 1 is 1.12 bits per heavy atom. The summed E-state index contributed by atoms with van der Waals surface area (Å²) in [4.78, 5) is 0. The maximum absolute atomic E-state index is 13.4. The van der Waals surface area contributed by atoms with Gasteiger partial charge in [-0.2, -0.15) is 0 Å². The van der Waals surface area contributed by atoms with Gasteiger partial charge in [-0.15, -0.1) is 0 Å². The van der Waals surface area contributed by atoms with E-state index in [0.29, 0.717) is 11.6 Å². The lowest BCUT2D eigenvalue weighted by atomic mass is 10.1. The lowest BCUT2D eigenvalue weighted by molar-refractivity contribution is 0.360. The van der Waals surface area contributed by atoms with Crippen molar-refractivity contribution < 1.29 is 13.5 Å². The molecule has 0 aliphatic rings. The molecule has 0 aromatic heterocycles. The summed E-state index contributed by atoms with van der Waals surface area (Å²) < 4.78 is 31.3. The topological polar surface area (TPSA) is 21.3 Å². The van der Waals surface area contributed by atoms with Gasteiger partial charge in [0.25, 0.3) is 0 Å². The van der Waals surface area contributed by atoms with E-state index >= 15 is 0 Å². The van der Waals surface area contributed by atoms with E-state index in [9.17, 15) is 8.78 Å². The molecule has 1 aromatic carbocycles. The molecule has 0 saturated carbocycles. The van der Waals surface area contributed by atoms with Gasteiger partial charge >= 0.3 is 0 Å². The van der Waals surface area contributed by atoms with E-state index in [2.05, 4.69) is 10.1 Å². The summed E-state index contributed by atoms with van der Waals surface area (Å²) >= 11 is 0. The van der Waals surface area contributed by atoms with E-state index in [4.69, 9.17) is 0 Å². The minimum absolute atomic E-state index is 0.146. The van der Waals surface area contributed by atoms with Crippen molar-refractivity contribution in [3.05, 3.63) is 23.8 Å². The summed E-state index contributed by atoms with van der Waals surface area (Å²) in [6, 6.07) is 2.62. The fourth-order valence-corrected chi connectivity index (χ4v) is 1.27. The summed E-state index contributed by atoms with van der Waals surface area (Å²) in [6.07, 6.45) is 0. The summed E-state index contributed by atoms with van der Waals surface area (Å²) in [6.45, 7) is 6.03. The molecule has 0 aliphatic heterocycles. The van der Waals surface area contributed by atoms with E-state index in [0.717, 1.165) is 0 Å². The third kappa shape index (κ3) is 2.84. The van der Waals surface area contributed by atoms with Crippen LogP contribution < -0.4 is 10.1 Å². The van der Waals surface area contributed by atoms with Crippen LogP contribution in [0.4, 0.5) is 14.5 Å². The summed E-state index contributed by atoms with van der Waals surface area (Å²) in [5.74, 6) is -1.35. The van der Waals surface area contributed by atoms with Gasteiger partial charge in [-0.3, -0.25) is 0 Å². The average Bonchev–Trinajstić information content (AvgIpc) is 2.16. The van der Waals surface area contributed by atoms with Crippen LogP contribution in [0.2, 0.25) is 0 Å². The van der Waals surface area contributed by atoms with Crippen LogP contribution in [-0.4, -0.2) is 13.2 Å². The Morgan fingerprint density at radius 2 is 1.62 bits per heavy atom. The first-order valence-corrected chi connectivity index (χ1v) is 5.25. The molecule has 0 saturated heterocycles. The molecular weight excluding hydrogens is 212 g/mol. The summed E-state index contributed by atoms with van der Waals surface area (Å²) in [5.41, 5.74) is 0.428. The third-order valence-corrected chi connectivity index (χ3v) is 2.60. The fourth-order valence-electron chi connectivity index (χ4n) is 1.27. The largest absolute Gasteiger partial charge is 0.491 e. The second-order valence-electron chi connectivity index (χ2n) is 4.15. The Morgan fingerprint density at radius 3 is 2.00 bits per heavy atom. The molecule has 1 aromatic rings. The molecule has 1 rings (SSSR count). The van der Waals surface area contributed by atoms with E-state index in [1.165, 1.54) is 19.2 Å². The summed E-state index contributed by atoms with van der Waals surface area (Å²) in [7, 11) is 1.24. The van der Waals surface area contributed by atoms with E-state index < -0.39 is 11.6 Å². The van der Waals surface area contributed by atoms with Gasteiger partial charge in [0, 0.05) is 23.9 Å². The van der Waals surface area contributed by atoms with Crippen LogP contribution in [0.5, 0.6) is 5.75 Å². The Labute approximate surface area is 94.6 Å². The Hall–Kier alpha value is -1.32. The number of nitrogens with one attached hydrogen (secondary N) is 1. The van der Waals surface area contributed by atoms with Crippen LogP contribution in [0.15, 0.2) is 12.1 Å². The van der Waals surface area contributed by atoms with Gasteiger partial charge in [0.05, 0.1) is 7.11 Å². The molecule has 0 bridgehead atoms. The van der Waals surface area contributed by atoms with Crippen LogP contribution in [0.3, 0.4) is 0 Å². The molecule has 0 radical (unpaired) electrons. The molecule has 16 heavy (non-hydrogen) atoms. The van der Waals surface area contributed by atoms with Crippen LogP contribution in [0.25, 0.3) is 0 Å². The Bertz CT molecular complexity index is 343. The average molecular weight is 229 g/mol. The fraction of sp³-hybridized carbons (Fsp3) is 0.500. The first-order chi connectivity index (χ1) is 7.45. The number of rotatable bonds is 4. The highest BCUT2D eigenvalue weighted by Crippen LogP contribution is 2.26. The van der Waals surface area contributed by atoms with Crippen molar-refractivity contribution in [2.75, 3.05) is 12.4 Å². The normalized spacial score (nSPS) is 12.7. The molecule has 4 heteroatoms. The van der Waals surface area contributed by atoms with Crippen molar-refractivity contribution in [1.29, 1.82) is 0 Å². The number of hydrogen-bond acceptors (Lipinski definition) is 2. The van der Waals surface area contributed by atoms with Crippen LogP contribution in [-0.2, 0) is 0 Å². The van der Waals surface area contributed by atoms with Crippen molar-refractivity contribution in [1.82, 2.24) is 0 Å². The van der Waals surface area contributed by atoms with Gasteiger partial charge in [-0.25, -0.2) is 8.78 Å². The number of halogens is 2. The molecule has 90 valence electrons. The molecule has 0 fully saturated rings. The van der Waals surface area contributed by atoms with Crippen molar-refractivity contribution >= 4 is 5.69 Å². The van der Waals surface area contributed by atoms with E-state index in [1.807, 2.05) is 20.8 Å². The second kappa shape index (κ2) is 5.14. The minimum Gasteiger partial charge on any atom is -0.491 e. The predicted octanol–water partition coefficient (Wildman–Crippen LogP) is 3.43. The lowest BCUT2D eigenvalue weighted by Gasteiger charge is -2.19. The minimum atomic E-state index is -0.694. The van der Waals surface area contributed by atoms with Gasteiger partial charge < -0.3 is 10.1 Å². The monoisotopic (exact) mass is 229 g/mol. The highest BCUT2D eigenvalue weighted by Gasteiger charge is 2.13. The highest BCUT2D eigenvalue weighted by atomic mass is 19.1. The first kappa shape index (κ1) is 12.7. The molecule has 0 spiro atoms. The van der Waals surface area contributed by atoms with Gasteiger partial charge in [0.15, 0.2) is 17.4 Å². The van der Waals surface area contributed by atoms with E-state index in [-0.39, 0.29) is 11.8 Å². The molecular formula is C12H17F2NO. The van der Waals surface area contributed by atoms with Crippen LogP contribution >= 0.6 is 0 Å². The smallest absolute Gasteiger partial charge is 0.190 e. The molecule has 1 unspecified atom stereocenters. The number of ether oxygens (including phenoxy) is 1. The maximum atomic E-state index is 13.4. The van der Waals surface area contributed by atoms with Crippen molar-refractivity contribution in [3.63, 3.8) is 0 Å². The Kier molecular flexibility index (Phi) is 4.10. The van der Waals surface area contributed by atoms with E-state index in [1.54, 1.807) is 0 Å². The molecule has 0 amide bonds. The molecule has 2 nitrogen and oxygen atoms in total. The third-order valence-electron chi connectivity index (χ3n) is 2.60. The number of hydrogen-bond donors (Lipinski definition) is 1. The van der Waals surface area contributed by atoms with Crippen molar-refractivity contribution in [2.24, 2.45) is 5.92 Å². The van der Waals surface area contributed by atoms with Gasteiger partial charge in [-0.05, 0) is 12.8 Å². The first-order valence-electron chi connectivity index (χ1n) is 5.25. The zero-order chi connectivity index (χ0) is 12.3. The molecule has 1 atom stereocenters. The number of anilines is 1. The van der Waals surface area contributed by atoms with Gasteiger partial charge in [-0.1, -0.05) is 13.8 Å². The van der Waals surface area contributed by atoms with Crippen molar-refractivity contribution in [2.45, 2.75) is 26.8 Å². The standard InChI is InChI=1S/C12H17F2NO/c1-7(2)8(3)15-9-5-10(13)12(16-4)11(14)6-9/h5-8,15H,1-4H3. The molecule has 0 aliphatic carbocycles. The maximum Gasteiger partial charge on any atom is 0.190 e. The van der Waals surface area contributed by atoms with Crippen LogP contribution in [0, 0.1) is 17.6 Å². The zero-order valence-corrected chi connectivity index (χ0v) is 9.97. The second-order valence-corrected chi connectivity index (χ2v) is 4.15. The molecule has 0 heterocycles. The zero-order valence-electron chi connectivity index (χ0n) is 9.97. The highest BCUT2D eigenvalue weighted by molar-refractivity contribution is 5.48. The lowest BCUT2D eigenvalue weighted by Crippen LogP contribution is -2.21. The van der Waals surface area contributed by atoms with Crippen molar-refractivity contribution in [3.8, 4) is 5.75 Å². The predicted molar refractivity (Wildman–Crippen MR) is 60.8 cm³/mol. The SMILES string of the molecule is COc1c(F)cc(NC(C)C(C)C)cc1F. The van der Waals surface area contributed by atoms with Gasteiger partial charge in [0.2, 0.25) is 0 Å². The summed E-state index contributed by atoms with van der Waals surface area (Å²) in [5, 5.41) is 3.04. The number of benzene rings is 1. The molecule has 1 N–H and O–H groups in total. The quantitative estimate of drug-likeness (QED) is 0.854. The van der Waals surface area contributed by atoms with Gasteiger partial charge in [0.1, 0.15) is 0 Å². The Balaban J connectivity index is 2.91. The van der Waals surface area contributed by atoms with Crippen LogP contribution in [0.1, 0.15) is 20.8 Å². The number of methoxy groups -OCH3 is 1.